The molecular weight excluding hydrogens is 408 g/mol. The molecule has 8 heteroatoms. The molecule has 1 aromatic heterocycles. The van der Waals surface area contributed by atoms with Gasteiger partial charge in [0.05, 0.1) is 20.2 Å². The largest absolute Gasteiger partial charge is 0.497 e. The Labute approximate surface area is 188 Å². The second-order valence-corrected chi connectivity index (χ2v) is 8.11. The third-order valence-electron chi connectivity index (χ3n) is 5.06. The van der Waals surface area contributed by atoms with Crippen molar-refractivity contribution in [3.8, 4) is 5.75 Å². The van der Waals surface area contributed by atoms with Gasteiger partial charge < -0.3 is 19.9 Å². The smallest absolute Gasteiger partial charge is 0.192 e. The second-order valence-electron chi connectivity index (χ2n) is 7.26. The Balaban J connectivity index is 1.73. The molecule has 0 aliphatic heterocycles. The Kier molecular flexibility index (Phi) is 7.94. The van der Waals surface area contributed by atoms with Gasteiger partial charge in [0.25, 0.3) is 0 Å². The average Bonchev–Trinajstić information content (AvgIpc) is 3.11. The second kappa shape index (κ2) is 10.9. The molecule has 0 saturated heterocycles. The van der Waals surface area contributed by atoms with Crippen LogP contribution in [0.15, 0.2) is 52.4 Å². The van der Waals surface area contributed by atoms with Crippen LogP contribution >= 0.6 is 11.8 Å². The van der Waals surface area contributed by atoms with E-state index in [1.165, 1.54) is 16.0 Å². The highest BCUT2D eigenvalue weighted by atomic mass is 32.2. The van der Waals surface area contributed by atoms with E-state index in [9.17, 15) is 0 Å². The summed E-state index contributed by atoms with van der Waals surface area (Å²) in [6.45, 7) is 5.83. The summed E-state index contributed by atoms with van der Waals surface area (Å²) in [7, 11) is 3.63. The van der Waals surface area contributed by atoms with Crippen LogP contribution in [0.3, 0.4) is 0 Å². The lowest BCUT2D eigenvalue weighted by atomic mass is 10.1. The fraction of sp³-hybridized carbons (Fsp3) is 0.348. The summed E-state index contributed by atoms with van der Waals surface area (Å²) < 4.78 is 7.21. The molecule has 0 aliphatic carbocycles. The Hall–Kier alpha value is -3.00. The van der Waals surface area contributed by atoms with Crippen molar-refractivity contribution in [3.05, 3.63) is 70.8 Å². The number of thioether (sulfide) groups is 1. The highest BCUT2D eigenvalue weighted by Crippen LogP contribution is 2.21. The normalized spacial score (nSPS) is 11.5. The summed E-state index contributed by atoms with van der Waals surface area (Å²) in [4.78, 5) is 6.05. The van der Waals surface area contributed by atoms with Crippen molar-refractivity contribution in [3.63, 3.8) is 0 Å². The van der Waals surface area contributed by atoms with Gasteiger partial charge in [-0.15, -0.1) is 22.0 Å². The summed E-state index contributed by atoms with van der Waals surface area (Å²) in [5.41, 5.74) is 3.61. The third kappa shape index (κ3) is 6.24. The van der Waals surface area contributed by atoms with E-state index >= 15 is 0 Å². The van der Waals surface area contributed by atoms with Crippen molar-refractivity contribution >= 4 is 17.7 Å². The van der Waals surface area contributed by atoms with Gasteiger partial charge in [0.1, 0.15) is 11.6 Å². The van der Waals surface area contributed by atoms with Crippen LogP contribution in [0.25, 0.3) is 0 Å². The van der Waals surface area contributed by atoms with Gasteiger partial charge in [-0.05, 0) is 55.0 Å². The number of nitrogens with one attached hydrogen (secondary N) is 2. The summed E-state index contributed by atoms with van der Waals surface area (Å²) in [6.07, 6.45) is 2.10. The van der Waals surface area contributed by atoms with Gasteiger partial charge in [-0.2, -0.15) is 0 Å². The predicted molar refractivity (Wildman–Crippen MR) is 127 cm³/mol. The zero-order chi connectivity index (χ0) is 22.2. The number of ether oxygens (including phenoxy) is 1. The van der Waals surface area contributed by atoms with Gasteiger partial charge in [0, 0.05) is 18.5 Å². The van der Waals surface area contributed by atoms with Crippen molar-refractivity contribution in [2.75, 3.05) is 13.4 Å². The molecule has 0 amide bonds. The van der Waals surface area contributed by atoms with Gasteiger partial charge in [0.15, 0.2) is 11.8 Å². The summed E-state index contributed by atoms with van der Waals surface area (Å²) in [5, 5.41) is 15.2. The van der Waals surface area contributed by atoms with Crippen LogP contribution in [-0.2, 0) is 26.7 Å². The van der Waals surface area contributed by atoms with Crippen molar-refractivity contribution < 1.29 is 4.74 Å². The zero-order valence-electron chi connectivity index (χ0n) is 18.8. The number of nitrogens with zero attached hydrogens (tertiary/aromatic N) is 4. The number of methoxy groups -OCH3 is 1. The standard InChI is InChI=1S/C23H30N6OS/c1-16-6-9-19(21(12-16)31-5)14-25-23(26-15-22-28-27-17(2)29(22)3)24-13-18-7-10-20(30-4)11-8-18/h6-12H,13-15H2,1-5H3,(H2,24,25,26). The van der Waals surface area contributed by atoms with Crippen LogP contribution in [0.4, 0.5) is 0 Å². The van der Waals surface area contributed by atoms with Crippen LogP contribution in [0.2, 0.25) is 0 Å². The number of aromatic nitrogens is 3. The molecule has 31 heavy (non-hydrogen) atoms. The Morgan fingerprint density at radius 1 is 1.06 bits per heavy atom. The predicted octanol–water partition coefficient (Wildman–Crippen LogP) is 3.60. The molecule has 0 spiro atoms. The fourth-order valence-corrected chi connectivity index (χ4v) is 3.73. The maximum Gasteiger partial charge on any atom is 0.192 e. The molecule has 0 unspecified atom stereocenters. The molecule has 0 atom stereocenters. The minimum Gasteiger partial charge on any atom is -0.497 e. The SMILES string of the molecule is COc1ccc(CN=C(NCc2ccc(C)cc2SC)NCc2nnc(C)n2C)cc1. The molecule has 0 saturated carbocycles. The van der Waals surface area contributed by atoms with E-state index in [1.54, 1.807) is 18.9 Å². The van der Waals surface area contributed by atoms with E-state index in [2.05, 4.69) is 52.2 Å². The number of benzene rings is 2. The Bertz CT molecular complexity index is 1030. The van der Waals surface area contributed by atoms with E-state index in [0.717, 1.165) is 28.9 Å². The van der Waals surface area contributed by atoms with E-state index < -0.39 is 0 Å². The first kappa shape index (κ1) is 22.7. The van der Waals surface area contributed by atoms with E-state index in [0.29, 0.717) is 19.6 Å². The van der Waals surface area contributed by atoms with Crippen LogP contribution in [0.1, 0.15) is 28.3 Å². The molecule has 7 nitrogen and oxygen atoms in total. The maximum atomic E-state index is 5.24. The minimum atomic E-state index is 0.537. The molecule has 1 heterocycles. The highest BCUT2D eigenvalue weighted by molar-refractivity contribution is 7.98. The number of hydrogen-bond acceptors (Lipinski definition) is 5. The molecule has 2 aromatic carbocycles. The molecule has 0 fully saturated rings. The molecule has 0 bridgehead atoms. The van der Waals surface area contributed by atoms with Crippen LogP contribution in [-0.4, -0.2) is 34.1 Å². The van der Waals surface area contributed by atoms with E-state index in [4.69, 9.17) is 9.73 Å². The molecule has 3 aromatic rings. The van der Waals surface area contributed by atoms with Crippen LogP contribution in [0.5, 0.6) is 5.75 Å². The molecule has 3 rings (SSSR count). The van der Waals surface area contributed by atoms with Crippen molar-refractivity contribution in [2.45, 2.75) is 38.4 Å². The number of rotatable bonds is 8. The van der Waals surface area contributed by atoms with Crippen LogP contribution in [0, 0.1) is 13.8 Å². The third-order valence-corrected chi connectivity index (χ3v) is 5.88. The first-order chi connectivity index (χ1) is 15.0. The summed E-state index contributed by atoms with van der Waals surface area (Å²) >= 11 is 1.76. The van der Waals surface area contributed by atoms with Crippen LogP contribution < -0.4 is 15.4 Å². The van der Waals surface area contributed by atoms with Crippen molar-refractivity contribution in [1.29, 1.82) is 0 Å². The topological polar surface area (TPSA) is 76.4 Å². The van der Waals surface area contributed by atoms with Gasteiger partial charge >= 0.3 is 0 Å². The Morgan fingerprint density at radius 3 is 2.45 bits per heavy atom. The first-order valence-corrected chi connectivity index (χ1v) is 11.4. The molecule has 0 aliphatic rings. The molecule has 0 radical (unpaired) electrons. The number of aliphatic imine (C=N–C) groups is 1. The van der Waals surface area contributed by atoms with Gasteiger partial charge in [0.2, 0.25) is 0 Å². The lowest BCUT2D eigenvalue weighted by molar-refractivity contribution is 0.414. The van der Waals surface area contributed by atoms with Gasteiger partial charge in [-0.3, -0.25) is 0 Å². The number of aryl methyl sites for hydroxylation is 2. The van der Waals surface area contributed by atoms with E-state index in [1.807, 2.05) is 42.8 Å². The average molecular weight is 439 g/mol. The zero-order valence-corrected chi connectivity index (χ0v) is 19.6. The van der Waals surface area contributed by atoms with E-state index in [-0.39, 0.29) is 0 Å². The van der Waals surface area contributed by atoms with Gasteiger partial charge in [-0.1, -0.05) is 24.3 Å². The molecule has 2 N–H and O–H groups in total. The molecular formula is C23H30N6OS. The maximum absolute atomic E-state index is 5.24. The Morgan fingerprint density at radius 2 is 1.81 bits per heavy atom. The summed E-state index contributed by atoms with van der Waals surface area (Å²) in [6, 6.07) is 14.5. The number of guanidine groups is 1. The number of hydrogen-bond donors (Lipinski definition) is 2. The van der Waals surface area contributed by atoms with Gasteiger partial charge in [-0.25, -0.2) is 4.99 Å². The highest BCUT2D eigenvalue weighted by Gasteiger charge is 2.08. The fourth-order valence-electron chi connectivity index (χ4n) is 3.02. The lowest BCUT2D eigenvalue weighted by Gasteiger charge is -2.15. The lowest BCUT2D eigenvalue weighted by Crippen LogP contribution is -2.37. The van der Waals surface area contributed by atoms with Crippen molar-refractivity contribution in [1.82, 2.24) is 25.4 Å². The summed E-state index contributed by atoms with van der Waals surface area (Å²) in [5.74, 6) is 3.30. The van der Waals surface area contributed by atoms with Crippen molar-refractivity contribution in [2.24, 2.45) is 12.0 Å². The quantitative estimate of drug-likeness (QED) is 0.318. The first-order valence-electron chi connectivity index (χ1n) is 10.1. The molecule has 164 valence electrons. The minimum absolute atomic E-state index is 0.537. The monoisotopic (exact) mass is 438 g/mol.